The maximum Gasteiger partial charge on any atom is 0.377 e. The molecular formula is C13H12ClN3O3. The normalized spacial score (nSPS) is 12.9. The molecule has 7 heteroatoms. The van der Waals surface area contributed by atoms with Crippen molar-refractivity contribution in [2.75, 3.05) is 13.7 Å². The lowest BCUT2D eigenvalue weighted by Crippen LogP contribution is -2.07. The standard InChI is InChI=1S/C13H12ClN3O3/c1-19-13(18)12-15-7-17(16-12)6-9-5-10(14)4-8-2-3-20-11(8)9/h4-5,7H,2-3,6H2,1H3. The highest BCUT2D eigenvalue weighted by molar-refractivity contribution is 6.30. The number of halogens is 1. The molecule has 0 bridgehead atoms. The van der Waals surface area contributed by atoms with Crippen LogP contribution in [0.25, 0.3) is 0 Å². The average Bonchev–Trinajstić information content (AvgIpc) is 3.06. The Bertz CT molecular complexity index is 669. The van der Waals surface area contributed by atoms with E-state index in [-0.39, 0.29) is 5.82 Å². The van der Waals surface area contributed by atoms with Crippen molar-refractivity contribution in [3.05, 3.63) is 40.4 Å². The summed E-state index contributed by atoms with van der Waals surface area (Å²) in [6, 6.07) is 3.75. The summed E-state index contributed by atoms with van der Waals surface area (Å²) >= 11 is 6.10. The van der Waals surface area contributed by atoms with Gasteiger partial charge in [0.05, 0.1) is 20.3 Å². The van der Waals surface area contributed by atoms with Crippen molar-refractivity contribution in [2.24, 2.45) is 0 Å². The second kappa shape index (κ2) is 5.13. The van der Waals surface area contributed by atoms with Gasteiger partial charge in [-0.3, -0.25) is 0 Å². The number of carbonyl (C=O) groups excluding carboxylic acids is 1. The molecule has 1 aliphatic heterocycles. The van der Waals surface area contributed by atoms with Crippen LogP contribution in [0.15, 0.2) is 18.5 Å². The molecule has 0 radical (unpaired) electrons. The molecule has 0 unspecified atom stereocenters. The van der Waals surface area contributed by atoms with Gasteiger partial charge in [0, 0.05) is 17.0 Å². The summed E-state index contributed by atoms with van der Waals surface area (Å²) in [6.45, 7) is 1.10. The molecule has 0 N–H and O–H groups in total. The van der Waals surface area contributed by atoms with E-state index in [0.29, 0.717) is 18.2 Å². The van der Waals surface area contributed by atoms with Gasteiger partial charge in [0.15, 0.2) is 0 Å². The first-order valence-electron chi connectivity index (χ1n) is 6.09. The fraction of sp³-hybridized carbons (Fsp3) is 0.308. The fourth-order valence-electron chi connectivity index (χ4n) is 2.19. The number of hydrogen-bond donors (Lipinski definition) is 0. The molecule has 0 saturated heterocycles. The van der Waals surface area contributed by atoms with Crippen LogP contribution in [0.5, 0.6) is 5.75 Å². The maximum atomic E-state index is 11.3. The first-order chi connectivity index (χ1) is 9.67. The Morgan fingerprint density at radius 3 is 3.20 bits per heavy atom. The Morgan fingerprint density at radius 1 is 1.55 bits per heavy atom. The van der Waals surface area contributed by atoms with E-state index in [1.165, 1.54) is 13.4 Å². The van der Waals surface area contributed by atoms with Crippen molar-refractivity contribution in [1.82, 2.24) is 14.8 Å². The monoisotopic (exact) mass is 293 g/mol. The van der Waals surface area contributed by atoms with Gasteiger partial charge in [0.25, 0.3) is 5.82 Å². The van der Waals surface area contributed by atoms with E-state index in [1.54, 1.807) is 4.68 Å². The molecule has 3 rings (SSSR count). The van der Waals surface area contributed by atoms with Crippen molar-refractivity contribution in [3.63, 3.8) is 0 Å². The van der Waals surface area contributed by atoms with Gasteiger partial charge in [-0.05, 0) is 17.7 Å². The van der Waals surface area contributed by atoms with Crippen LogP contribution in [0.1, 0.15) is 21.7 Å². The molecule has 1 aliphatic rings. The van der Waals surface area contributed by atoms with E-state index in [4.69, 9.17) is 16.3 Å². The number of methoxy groups -OCH3 is 1. The number of hydrogen-bond acceptors (Lipinski definition) is 5. The lowest BCUT2D eigenvalue weighted by molar-refractivity contribution is 0.0586. The zero-order valence-electron chi connectivity index (χ0n) is 10.8. The van der Waals surface area contributed by atoms with Gasteiger partial charge in [0.2, 0.25) is 0 Å². The van der Waals surface area contributed by atoms with Crippen LogP contribution in [0.2, 0.25) is 5.02 Å². The number of ether oxygens (including phenoxy) is 2. The molecule has 20 heavy (non-hydrogen) atoms. The van der Waals surface area contributed by atoms with Crippen molar-refractivity contribution in [3.8, 4) is 5.75 Å². The first-order valence-corrected chi connectivity index (χ1v) is 6.47. The molecule has 0 atom stereocenters. The van der Waals surface area contributed by atoms with E-state index in [1.807, 2.05) is 12.1 Å². The molecule has 2 heterocycles. The molecule has 1 aromatic carbocycles. The number of carbonyl (C=O) groups is 1. The summed E-state index contributed by atoms with van der Waals surface area (Å²) in [5.74, 6) is 0.327. The van der Waals surface area contributed by atoms with Crippen molar-refractivity contribution >= 4 is 17.6 Å². The minimum atomic E-state index is -0.559. The highest BCUT2D eigenvalue weighted by atomic mass is 35.5. The predicted molar refractivity (Wildman–Crippen MR) is 71.1 cm³/mol. The minimum absolute atomic E-state index is 0.0343. The number of rotatable bonds is 3. The van der Waals surface area contributed by atoms with E-state index in [9.17, 15) is 4.79 Å². The molecular weight excluding hydrogens is 282 g/mol. The molecule has 0 spiro atoms. The Morgan fingerprint density at radius 2 is 2.40 bits per heavy atom. The summed E-state index contributed by atoms with van der Waals surface area (Å²) in [4.78, 5) is 15.2. The number of fused-ring (bicyclic) bond motifs is 1. The first kappa shape index (κ1) is 12.9. The summed E-state index contributed by atoms with van der Waals surface area (Å²) in [7, 11) is 1.29. The molecule has 0 fully saturated rings. The van der Waals surface area contributed by atoms with Crippen LogP contribution in [-0.4, -0.2) is 34.5 Å². The van der Waals surface area contributed by atoms with Crippen molar-refractivity contribution < 1.29 is 14.3 Å². The van der Waals surface area contributed by atoms with Gasteiger partial charge in [-0.1, -0.05) is 11.6 Å². The molecule has 6 nitrogen and oxygen atoms in total. The van der Waals surface area contributed by atoms with Crippen LogP contribution in [-0.2, 0) is 17.7 Å². The van der Waals surface area contributed by atoms with E-state index in [2.05, 4.69) is 14.8 Å². The van der Waals surface area contributed by atoms with Gasteiger partial charge in [0.1, 0.15) is 12.1 Å². The Labute approximate surface area is 120 Å². The molecule has 0 aliphatic carbocycles. The molecule has 0 amide bonds. The third-order valence-electron chi connectivity index (χ3n) is 3.06. The van der Waals surface area contributed by atoms with E-state index < -0.39 is 5.97 Å². The topological polar surface area (TPSA) is 66.2 Å². The Kier molecular flexibility index (Phi) is 3.31. The van der Waals surface area contributed by atoms with Crippen LogP contribution >= 0.6 is 11.6 Å². The molecule has 104 valence electrons. The van der Waals surface area contributed by atoms with Gasteiger partial charge < -0.3 is 9.47 Å². The zero-order valence-corrected chi connectivity index (χ0v) is 11.6. The highest BCUT2D eigenvalue weighted by Gasteiger charge is 2.19. The summed E-state index contributed by atoms with van der Waals surface area (Å²) in [5, 5.41) is 4.73. The zero-order chi connectivity index (χ0) is 14.1. The molecule has 2 aromatic rings. The Hall–Kier alpha value is -2.08. The molecule has 0 saturated carbocycles. The van der Waals surface area contributed by atoms with Crippen molar-refractivity contribution in [1.29, 1.82) is 0 Å². The van der Waals surface area contributed by atoms with Crippen LogP contribution < -0.4 is 4.74 Å². The van der Waals surface area contributed by atoms with Crippen LogP contribution in [0.3, 0.4) is 0 Å². The second-order valence-electron chi connectivity index (χ2n) is 4.41. The van der Waals surface area contributed by atoms with Gasteiger partial charge in [-0.15, -0.1) is 5.10 Å². The Balaban J connectivity index is 1.88. The molecule has 1 aromatic heterocycles. The SMILES string of the molecule is COC(=O)c1ncn(Cc2cc(Cl)cc3c2OCC3)n1. The van der Waals surface area contributed by atoms with E-state index >= 15 is 0 Å². The van der Waals surface area contributed by atoms with Gasteiger partial charge in [-0.2, -0.15) is 0 Å². The lowest BCUT2D eigenvalue weighted by atomic mass is 10.1. The lowest BCUT2D eigenvalue weighted by Gasteiger charge is -2.08. The van der Waals surface area contributed by atoms with Crippen LogP contribution in [0, 0.1) is 0 Å². The van der Waals surface area contributed by atoms with Crippen molar-refractivity contribution in [2.45, 2.75) is 13.0 Å². The number of esters is 1. The summed E-state index contributed by atoms with van der Waals surface area (Å²) < 4.78 is 11.7. The third-order valence-corrected chi connectivity index (χ3v) is 3.28. The number of benzene rings is 1. The quantitative estimate of drug-likeness (QED) is 0.806. The number of nitrogens with zero attached hydrogens (tertiary/aromatic N) is 3. The minimum Gasteiger partial charge on any atom is -0.493 e. The van der Waals surface area contributed by atoms with Gasteiger partial charge in [-0.25, -0.2) is 14.5 Å². The fourth-order valence-corrected chi connectivity index (χ4v) is 2.46. The summed E-state index contributed by atoms with van der Waals surface area (Å²) in [5.41, 5.74) is 2.02. The maximum absolute atomic E-state index is 11.3. The van der Waals surface area contributed by atoms with E-state index in [0.717, 1.165) is 23.3 Å². The predicted octanol–water partition coefficient (Wildman–Crippen LogP) is 1.70. The average molecular weight is 294 g/mol. The third kappa shape index (κ3) is 2.34. The van der Waals surface area contributed by atoms with Crippen LogP contribution in [0.4, 0.5) is 0 Å². The van der Waals surface area contributed by atoms with Gasteiger partial charge >= 0.3 is 5.97 Å². The number of aromatic nitrogens is 3. The summed E-state index contributed by atoms with van der Waals surface area (Å²) in [6.07, 6.45) is 2.34. The highest BCUT2D eigenvalue weighted by Crippen LogP contribution is 2.33. The largest absolute Gasteiger partial charge is 0.493 e. The second-order valence-corrected chi connectivity index (χ2v) is 4.85. The smallest absolute Gasteiger partial charge is 0.377 e.